The molecule has 0 saturated carbocycles. The molecule has 9 heteroatoms. The molecular formula is C18H18ClN3O4S. The summed E-state index contributed by atoms with van der Waals surface area (Å²) in [5.41, 5.74) is 1.15. The number of rotatable bonds is 5. The van der Waals surface area contributed by atoms with E-state index in [1.54, 1.807) is 6.07 Å². The summed E-state index contributed by atoms with van der Waals surface area (Å²) in [6.45, 7) is 0.652. The molecule has 3 rings (SSSR count). The van der Waals surface area contributed by atoms with Crippen LogP contribution in [0.15, 0.2) is 35.5 Å². The molecule has 1 aliphatic heterocycles. The van der Waals surface area contributed by atoms with E-state index in [0.29, 0.717) is 24.2 Å². The number of benzene rings is 1. The first-order valence-electron chi connectivity index (χ1n) is 8.44. The molecule has 0 aliphatic carbocycles. The van der Waals surface area contributed by atoms with E-state index >= 15 is 0 Å². The summed E-state index contributed by atoms with van der Waals surface area (Å²) in [6.07, 6.45) is 5.58. The zero-order valence-corrected chi connectivity index (χ0v) is 16.0. The van der Waals surface area contributed by atoms with Crippen LogP contribution in [0, 0.1) is 11.3 Å². The molecule has 0 radical (unpaired) electrons. The predicted octanol–water partition coefficient (Wildman–Crippen LogP) is 2.94. The lowest BCUT2D eigenvalue weighted by atomic mass is 10.1. The number of nitriles is 1. The van der Waals surface area contributed by atoms with Gasteiger partial charge in [-0.1, -0.05) is 18.0 Å². The molecule has 2 heterocycles. The average Bonchev–Trinajstić information content (AvgIpc) is 3.04. The molecular weight excluding hydrogens is 390 g/mol. The van der Waals surface area contributed by atoms with Gasteiger partial charge in [-0.25, -0.2) is 8.42 Å². The van der Waals surface area contributed by atoms with Crippen LogP contribution in [-0.2, 0) is 21.4 Å². The van der Waals surface area contributed by atoms with E-state index < -0.39 is 16.0 Å². The van der Waals surface area contributed by atoms with Gasteiger partial charge in [0.15, 0.2) is 0 Å². The fraction of sp³-hybridized carbons (Fsp3) is 0.333. The van der Waals surface area contributed by atoms with E-state index in [1.165, 1.54) is 33.4 Å². The third-order valence-electron chi connectivity index (χ3n) is 4.45. The minimum absolute atomic E-state index is 0.0711. The van der Waals surface area contributed by atoms with E-state index in [4.69, 9.17) is 16.7 Å². The average molecular weight is 408 g/mol. The van der Waals surface area contributed by atoms with Gasteiger partial charge in [0.1, 0.15) is 12.6 Å². The SMILES string of the molecule is N#Cc1cn(CC(=O)O)cc1-c1cc(Cl)cc(S(=O)(=O)N2CCCCC2)c1. The van der Waals surface area contributed by atoms with Gasteiger partial charge in [0.05, 0.1) is 10.5 Å². The van der Waals surface area contributed by atoms with Crippen molar-refractivity contribution in [3.63, 3.8) is 0 Å². The Morgan fingerprint density at radius 2 is 1.89 bits per heavy atom. The molecule has 1 N–H and O–H groups in total. The highest BCUT2D eigenvalue weighted by molar-refractivity contribution is 7.89. The highest BCUT2D eigenvalue weighted by atomic mass is 35.5. The number of nitrogens with zero attached hydrogens (tertiary/aromatic N) is 3. The fourth-order valence-electron chi connectivity index (χ4n) is 3.20. The molecule has 1 fully saturated rings. The highest BCUT2D eigenvalue weighted by Crippen LogP contribution is 2.31. The van der Waals surface area contributed by atoms with Crippen molar-refractivity contribution in [2.45, 2.75) is 30.7 Å². The molecule has 0 amide bonds. The number of hydrogen-bond donors (Lipinski definition) is 1. The van der Waals surface area contributed by atoms with E-state index in [2.05, 4.69) is 0 Å². The van der Waals surface area contributed by atoms with Gasteiger partial charge >= 0.3 is 5.97 Å². The Balaban J connectivity index is 2.05. The Hall–Kier alpha value is -2.34. The number of piperidine rings is 1. The maximum Gasteiger partial charge on any atom is 0.323 e. The first kappa shape index (κ1) is 19.4. The largest absolute Gasteiger partial charge is 0.480 e. The summed E-state index contributed by atoms with van der Waals surface area (Å²) in [4.78, 5) is 11.0. The monoisotopic (exact) mass is 407 g/mol. The topological polar surface area (TPSA) is 103 Å². The Morgan fingerprint density at radius 3 is 2.52 bits per heavy atom. The molecule has 142 valence electrons. The van der Waals surface area contributed by atoms with Crippen molar-refractivity contribution < 1.29 is 18.3 Å². The smallest absolute Gasteiger partial charge is 0.323 e. The number of halogens is 1. The number of aromatic nitrogens is 1. The van der Waals surface area contributed by atoms with Crippen LogP contribution in [0.4, 0.5) is 0 Å². The van der Waals surface area contributed by atoms with Gasteiger partial charge in [-0.3, -0.25) is 4.79 Å². The van der Waals surface area contributed by atoms with E-state index in [1.807, 2.05) is 6.07 Å². The van der Waals surface area contributed by atoms with Crippen molar-refractivity contribution >= 4 is 27.6 Å². The quantitative estimate of drug-likeness (QED) is 0.820. The van der Waals surface area contributed by atoms with Crippen LogP contribution >= 0.6 is 11.6 Å². The molecule has 0 spiro atoms. The lowest BCUT2D eigenvalue weighted by molar-refractivity contribution is -0.137. The molecule has 1 aliphatic rings. The van der Waals surface area contributed by atoms with Gasteiger partial charge in [0.2, 0.25) is 10.0 Å². The van der Waals surface area contributed by atoms with Crippen LogP contribution in [0.1, 0.15) is 24.8 Å². The second kappa shape index (κ2) is 7.72. The summed E-state index contributed by atoms with van der Waals surface area (Å²) >= 11 is 6.16. The van der Waals surface area contributed by atoms with Crippen molar-refractivity contribution in [2.75, 3.05) is 13.1 Å². The van der Waals surface area contributed by atoms with Crippen LogP contribution in [0.3, 0.4) is 0 Å². The van der Waals surface area contributed by atoms with Gasteiger partial charge < -0.3 is 9.67 Å². The lowest BCUT2D eigenvalue weighted by Crippen LogP contribution is -2.35. The van der Waals surface area contributed by atoms with Crippen molar-refractivity contribution in [3.05, 3.63) is 41.2 Å². The van der Waals surface area contributed by atoms with E-state index in [-0.39, 0.29) is 22.0 Å². The summed E-state index contributed by atoms with van der Waals surface area (Å²) < 4.78 is 28.7. The van der Waals surface area contributed by atoms with Crippen LogP contribution < -0.4 is 0 Å². The van der Waals surface area contributed by atoms with Crippen LogP contribution in [0.25, 0.3) is 11.1 Å². The molecule has 7 nitrogen and oxygen atoms in total. The van der Waals surface area contributed by atoms with Crippen molar-refractivity contribution in [3.8, 4) is 17.2 Å². The summed E-state index contributed by atoms with van der Waals surface area (Å²) in [5, 5.41) is 18.5. The molecule has 0 unspecified atom stereocenters. The molecule has 0 bridgehead atoms. The Kier molecular flexibility index (Phi) is 5.56. The zero-order chi connectivity index (χ0) is 19.6. The van der Waals surface area contributed by atoms with Gasteiger partial charge in [-0.05, 0) is 36.6 Å². The Bertz CT molecular complexity index is 1020. The lowest BCUT2D eigenvalue weighted by Gasteiger charge is -2.26. The van der Waals surface area contributed by atoms with Gasteiger partial charge in [-0.2, -0.15) is 9.57 Å². The van der Waals surface area contributed by atoms with Crippen LogP contribution in [0.5, 0.6) is 0 Å². The van der Waals surface area contributed by atoms with E-state index in [0.717, 1.165) is 19.3 Å². The van der Waals surface area contributed by atoms with Crippen molar-refractivity contribution in [1.29, 1.82) is 5.26 Å². The van der Waals surface area contributed by atoms with Crippen LogP contribution in [-0.4, -0.2) is 41.5 Å². The summed E-state index contributed by atoms with van der Waals surface area (Å²) in [5.74, 6) is -1.04. The first-order valence-corrected chi connectivity index (χ1v) is 10.3. The number of aliphatic carboxylic acids is 1. The predicted molar refractivity (Wildman–Crippen MR) is 99.8 cm³/mol. The number of sulfonamides is 1. The standard InChI is InChI=1S/C18H18ClN3O4S/c19-15-6-13(17-11-21(12-18(23)24)10-14(17)9-20)7-16(8-15)27(25,26)22-4-2-1-3-5-22/h6-8,10-11H,1-5,12H2,(H,23,24). The number of hydrogen-bond acceptors (Lipinski definition) is 4. The molecule has 0 atom stereocenters. The maximum atomic E-state index is 12.9. The van der Waals surface area contributed by atoms with Crippen LogP contribution in [0.2, 0.25) is 5.02 Å². The molecule has 1 aromatic carbocycles. The number of carboxylic acid groups (broad SMARTS) is 1. The minimum Gasteiger partial charge on any atom is -0.480 e. The molecule has 1 saturated heterocycles. The third-order valence-corrected chi connectivity index (χ3v) is 6.55. The third kappa shape index (κ3) is 4.16. The van der Waals surface area contributed by atoms with Gasteiger partial charge in [-0.15, -0.1) is 0 Å². The first-order chi connectivity index (χ1) is 12.8. The van der Waals surface area contributed by atoms with Crippen molar-refractivity contribution in [1.82, 2.24) is 8.87 Å². The second-order valence-electron chi connectivity index (χ2n) is 6.40. The van der Waals surface area contributed by atoms with Gasteiger partial charge in [0, 0.05) is 36.1 Å². The maximum absolute atomic E-state index is 12.9. The summed E-state index contributed by atoms with van der Waals surface area (Å²) in [7, 11) is -3.68. The normalized spacial score (nSPS) is 15.4. The fourth-order valence-corrected chi connectivity index (χ4v) is 5.08. The Labute approximate surface area is 162 Å². The number of carbonyl (C=O) groups is 1. The Morgan fingerprint density at radius 1 is 1.19 bits per heavy atom. The number of carboxylic acids is 1. The zero-order valence-electron chi connectivity index (χ0n) is 14.4. The molecule has 1 aromatic heterocycles. The summed E-state index contributed by atoms with van der Waals surface area (Å²) in [6, 6.07) is 6.46. The molecule has 27 heavy (non-hydrogen) atoms. The minimum atomic E-state index is -3.68. The second-order valence-corrected chi connectivity index (χ2v) is 8.78. The van der Waals surface area contributed by atoms with Gasteiger partial charge in [0.25, 0.3) is 0 Å². The van der Waals surface area contributed by atoms with Crippen molar-refractivity contribution in [2.24, 2.45) is 0 Å². The highest BCUT2D eigenvalue weighted by Gasteiger charge is 2.27. The van der Waals surface area contributed by atoms with E-state index in [9.17, 15) is 18.5 Å². The molecule has 2 aromatic rings.